The van der Waals surface area contributed by atoms with Crippen molar-refractivity contribution < 1.29 is 0 Å². The van der Waals surface area contributed by atoms with Crippen molar-refractivity contribution in [2.24, 2.45) is 0 Å². The van der Waals surface area contributed by atoms with Gasteiger partial charge in [0, 0.05) is 18.3 Å². The van der Waals surface area contributed by atoms with Crippen molar-refractivity contribution in [2.75, 3.05) is 0 Å². The van der Waals surface area contributed by atoms with Crippen LogP contribution in [0.15, 0.2) is 53.5 Å². The maximum absolute atomic E-state index is 12.0. The summed E-state index contributed by atoms with van der Waals surface area (Å²) in [4.78, 5) is 12.0. The molecule has 0 atom stereocenters. The zero-order valence-corrected chi connectivity index (χ0v) is 11.0. The van der Waals surface area contributed by atoms with E-state index in [1.54, 1.807) is 12.1 Å². The van der Waals surface area contributed by atoms with E-state index in [1.807, 2.05) is 42.8 Å². The molecule has 0 aromatic carbocycles. The summed E-state index contributed by atoms with van der Waals surface area (Å²) in [6.45, 7) is 7.90. The Balaban J connectivity index is 2.35. The summed E-state index contributed by atoms with van der Waals surface area (Å²) in [7, 11) is 0. The van der Waals surface area contributed by atoms with Gasteiger partial charge in [-0.05, 0) is 43.9 Å². The Morgan fingerprint density at radius 2 is 2.11 bits per heavy atom. The van der Waals surface area contributed by atoms with Gasteiger partial charge in [-0.3, -0.25) is 4.79 Å². The Kier molecular flexibility index (Phi) is 3.66. The van der Waals surface area contributed by atoms with Crippen LogP contribution in [0, 0.1) is 0 Å². The number of allylic oxidation sites excluding steroid dienone is 5. The SMILES string of the molecule is C=C/C(=C\C=C(C)C)c1ccn(C2CC2)c(=O)c1. The van der Waals surface area contributed by atoms with Gasteiger partial charge in [0.15, 0.2) is 0 Å². The van der Waals surface area contributed by atoms with Gasteiger partial charge in [-0.2, -0.15) is 0 Å². The van der Waals surface area contributed by atoms with E-state index in [-0.39, 0.29) is 5.56 Å². The van der Waals surface area contributed by atoms with Crippen molar-refractivity contribution in [1.82, 2.24) is 4.57 Å². The minimum atomic E-state index is 0.0833. The maximum Gasteiger partial charge on any atom is 0.251 e. The average Bonchev–Trinajstić information content (AvgIpc) is 3.13. The Hall–Kier alpha value is -1.83. The standard InChI is InChI=1S/C16H19NO/c1-4-13(6-5-12(2)3)14-9-10-17(15-7-8-15)16(18)11-14/h4-6,9-11,15H,1,7-8H2,2-3H3/b13-6+. The van der Waals surface area contributed by atoms with Crippen molar-refractivity contribution in [2.45, 2.75) is 32.7 Å². The molecule has 0 saturated heterocycles. The van der Waals surface area contributed by atoms with Crippen LogP contribution in [-0.2, 0) is 0 Å². The summed E-state index contributed by atoms with van der Waals surface area (Å²) in [5.74, 6) is 0. The summed E-state index contributed by atoms with van der Waals surface area (Å²) in [6, 6.07) is 4.12. The molecular formula is C16H19NO. The highest BCUT2D eigenvalue weighted by molar-refractivity contribution is 5.74. The van der Waals surface area contributed by atoms with Gasteiger partial charge in [-0.25, -0.2) is 0 Å². The van der Waals surface area contributed by atoms with Crippen LogP contribution < -0.4 is 5.56 Å². The third-order valence-corrected chi connectivity index (χ3v) is 3.04. The lowest BCUT2D eigenvalue weighted by atomic mass is 10.1. The van der Waals surface area contributed by atoms with E-state index in [0.717, 1.165) is 24.0 Å². The first-order valence-electron chi connectivity index (χ1n) is 6.32. The second-order valence-electron chi connectivity index (χ2n) is 4.96. The Morgan fingerprint density at radius 1 is 1.39 bits per heavy atom. The van der Waals surface area contributed by atoms with Crippen molar-refractivity contribution in [3.8, 4) is 0 Å². The van der Waals surface area contributed by atoms with Crippen LogP contribution in [0.3, 0.4) is 0 Å². The first kappa shape index (κ1) is 12.6. The lowest BCUT2D eigenvalue weighted by Crippen LogP contribution is -2.17. The van der Waals surface area contributed by atoms with Gasteiger partial charge in [-0.1, -0.05) is 30.4 Å². The molecule has 1 aliphatic carbocycles. The minimum absolute atomic E-state index is 0.0833. The number of hydrogen-bond donors (Lipinski definition) is 0. The van der Waals surface area contributed by atoms with Crippen LogP contribution in [0.4, 0.5) is 0 Å². The Labute approximate surface area is 108 Å². The van der Waals surface area contributed by atoms with Gasteiger partial charge >= 0.3 is 0 Å². The highest BCUT2D eigenvalue weighted by Gasteiger charge is 2.23. The first-order chi connectivity index (χ1) is 8.61. The van der Waals surface area contributed by atoms with Crippen LogP contribution in [0.2, 0.25) is 0 Å². The zero-order valence-electron chi connectivity index (χ0n) is 11.0. The largest absolute Gasteiger partial charge is 0.312 e. The summed E-state index contributed by atoms with van der Waals surface area (Å²) >= 11 is 0. The molecule has 2 nitrogen and oxygen atoms in total. The van der Waals surface area contributed by atoms with Crippen LogP contribution in [0.1, 0.15) is 38.3 Å². The van der Waals surface area contributed by atoms with Crippen LogP contribution >= 0.6 is 0 Å². The van der Waals surface area contributed by atoms with Gasteiger partial charge in [0.05, 0.1) is 0 Å². The third-order valence-electron chi connectivity index (χ3n) is 3.04. The normalized spacial score (nSPS) is 15.3. The summed E-state index contributed by atoms with van der Waals surface area (Å²) < 4.78 is 1.82. The molecule has 2 heteroatoms. The van der Waals surface area contributed by atoms with Gasteiger partial charge in [-0.15, -0.1) is 0 Å². The fraction of sp³-hybridized carbons (Fsp3) is 0.312. The second-order valence-corrected chi connectivity index (χ2v) is 4.96. The molecular weight excluding hydrogens is 222 g/mol. The molecule has 1 aliphatic rings. The lowest BCUT2D eigenvalue weighted by molar-refractivity contribution is 0.706. The molecule has 0 unspecified atom stereocenters. The molecule has 1 fully saturated rings. The predicted molar refractivity (Wildman–Crippen MR) is 76.6 cm³/mol. The molecule has 18 heavy (non-hydrogen) atoms. The van der Waals surface area contributed by atoms with E-state index in [1.165, 1.54) is 5.57 Å². The summed E-state index contributed by atoms with van der Waals surface area (Å²) in [5.41, 5.74) is 3.22. The number of nitrogens with zero attached hydrogens (tertiary/aromatic N) is 1. The number of aromatic nitrogens is 1. The zero-order chi connectivity index (χ0) is 13.1. The molecule has 0 radical (unpaired) electrons. The molecule has 0 aliphatic heterocycles. The average molecular weight is 241 g/mol. The quantitative estimate of drug-likeness (QED) is 0.736. The van der Waals surface area contributed by atoms with E-state index in [9.17, 15) is 4.79 Å². The smallest absolute Gasteiger partial charge is 0.251 e. The van der Waals surface area contributed by atoms with Crippen LogP contribution in [-0.4, -0.2) is 4.57 Å². The van der Waals surface area contributed by atoms with Gasteiger partial charge in [0.1, 0.15) is 0 Å². The summed E-state index contributed by atoms with van der Waals surface area (Å²) in [5, 5.41) is 0. The monoisotopic (exact) mass is 241 g/mol. The molecule has 2 rings (SSSR count). The third kappa shape index (κ3) is 2.89. The van der Waals surface area contributed by atoms with Gasteiger partial charge in [0.2, 0.25) is 0 Å². The molecule has 94 valence electrons. The van der Waals surface area contributed by atoms with Crippen molar-refractivity contribution in [3.05, 3.63) is 64.6 Å². The number of rotatable bonds is 4. The highest BCUT2D eigenvalue weighted by atomic mass is 16.1. The Bertz CT molecular complexity index is 567. The van der Waals surface area contributed by atoms with Gasteiger partial charge in [0.25, 0.3) is 5.56 Å². The molecule has 0 N–H and O–H groups in total. The van der Waals surface area contributed by atoms with E-state index < -0.39 is 0 Å². The predicted octanol–water partition coefficient (Wildman–Crippen LogP) is 3.72. The summed E-state index contributed by atoms with van der Waals surface area (Å²) in [6.07, 6.45) is 9.97. The van der Waals surface area contributed by atoms with Gasteiger partial charge < -0.3 is 4.57 Å². The van der Waals surface area contributed by atoms with Crippen LogP contribution in [0.25, 0.3) is 5.57 Å². The fourth-order valence-corrected chi connectivity index (χ4v) is 1.86. The molecule has 0 amide bonds. The van der Waals surface area contributed by atoms with E-state index in [4.69, 9.17) is 0 Å². The molecule has 1 heterocycles. The van der Waals surface area contributed by atoms with Crippen LogP contribution in [0.5, 0.6) is 0 Å². The number of pyridine rings is 1. The van der Waals surface area contributed by atoms with Crippen molar-refractivity contribution in [1.29, 1.82) is 0 Å². The molecule has 1 aromatic rings. The molecule has 1 saturated carbocycles. The molecule has 1 aromatic heterocycles. The first-order valence-corrected chi connectivity index (χ1v) is 6.32. The van der Waals surface area contributed by atoms with Crippen molar-refractivity contribution in [3.63, 3.8) is 0 Å². The van der Waals surface area contributed by atoms with E-state index in [2.05, 4.69) is 6.58 Å². The fourth-order valence-electron chi connectivity index (χ4n) is 1.86. The second kappa shape index (κ2) is 5.21. The van der Waals surface area contributed by atoms with E-state index >= 15 is 0 Å². The molecule has 0 bridgehead atoms. The lowest BCUT2D eigenvalue weighted by Gasteiger charge is -2.06. The number of hydrogen-bond acceptors (Lipinski definition) is 1. The Morgan fingerprint density at radius 3 is 2.61 bits per heavy atom. The van der Waals surface area contributed by atoms with Crippen molar-refractivity contribution >= 4 is 5.57 Å². The highest BCUT2D eigenvalue weighted by Crippen LogP contribution is 2.33. The minimum Gasteiger partial charge on any atom is -0.312 e. The maximum atomic E-state index is 12.0. The molecule has 0 spiro atoms. The topological polar surface area (TPSA) is 22.0 Å². The van der Waals surface area contributed by atoms with E-state index in [0.29, 0.717) is 6.04 Å².